The number of unbranched alkanes of at least 4 members (excludes halogenated alkanes) is 2. The fourth-order valence-corrected chi connectivity index (χ4v) is 2.30. The van der Waals surface area contributed by atoms with Gasteiger partial charge in [-0.2, -0.15) is 0 Å². The number of benzene rings is 1. The highest BCUT2D eigenvalue weighted by molar-refractivity contribution is 9.10. The van der Waals surface area contributed by atoms with Crippen molar-refractivity contribution in [2.75, 3.05) is 6.61 Å². The fraction of sp³-hybridized carbons (Fsp3) is 0.417. The van der Waals surface area contributed by atoms with E-state index in [-0.39, 0.29) is 0 Å². The van der Waals surface area contributed by atoms with Crippen LogP contribution in [0.3, 0.4) is 0 Å². The average molecular weight is 302 g/mol. The first-order chi connectivity index (χ1) is 7.66. The molecular weight excluding hydrogens is 286 g/mol. The molecule has 0 radical (unpaired) electrons. The van der Waals surface area contributed by atoms with Crippen molar-refractivity contribution >= 4 is 33.1 Å². The highest BCUT2D eigenvalue weighted by Gasteiger charge is 2.09. The zero-order chi connectivity index (χ0) is 12.0. The molecule has 0 bridgehead atoms. The quantitative estimate of drug-likeness (QED) is 0.643. The van der Waals surface area contributed by atoms with E-state index in [0.29, 0.717) is 11.6 Å². The lowest BCUT2D eigenvalue weighted by Gasteiger charge is -2.11. The lowest BCUT2D eigenvalue weighted by atomic mass is 10.2. The molecule has 0 spiro atoms. The van der Waals surface area contributed by atoms with E-state index in [1.807, 2.05) is 18.2 Å². The van der Waals surface area contributed by atoms with Crippen molar-refractivity contribution in [2.45, 2.75) is 26.2 Å². The summed E-state index contributed by atoms with van der Waals surface area (Å²) in [6, 6.07) is 5.72. The van der Waals surface area contributed by atoms with E-state index in [4.69, 9.17) is 22.7 Å². The molecule has 2 nitrogen and oxygen atoms in total. The zero-order valence-corrected chi connectivity index (χ0v) is 11.7. The molecule has 2 N–H and O–H groups in total. The second-order valence-electron chi connectivity index (χ2n) is 3.53. The third kappa shape index (κ3) is 3.76. The van der Waals surface area contributed by atoms with Crippen LogP contribution in [0.1, 0.15) is 31.7 Å². The van der Waals surface area contributed by atoms with Gasteiger partial charge in [0.25, 0.3) is 0 Å². The summed E-state index contributed by atoms with van der Waals surface area (Å²) in [5.74, 6) is 0.762. The molecule has 0 amide bonds. The Labute approximate surface area is 110 Å². The molecule has 16 heavy (non-hydrogen) atoms. The minimum absolute atomic E-state index is 0.359. The molecule has 1 aromatic carbocycles. The SMILES string of the molecule is CCCCCOc1cccc(Br)c1C(N)=S. The first-order valence-electron chi connectivity index (χ1n) is 5.38. The third-order valence-corrected chi connectivity index (χ3v) is 3.09. The Bertz CT molecular complexity index is 368. The van der Waals surface area contributed by atoms with Gasteiger partial charge in [0.2, 0.25) is 0 Å². The Hall–Kier alpha value is -0.610. The predicted octanol–water partition coefficient (Wildman–Crippen LogP) is 3.65. The Morgan fingerprint density at radius 2 is 2.19 bits per heavy atom. The summed E-state index contributed by atoms with van der Waals surface area (Å²) in [7, 11) is 0. The summed E-state index contributed by atoms with van der Waals surface area (Å²) < 4.78 is 6.57. The molecule has 0 aliphatic rings. The van der Waals surface area contributed by atoms with Gasteiger partial charge in [0.15, 0.2) is 0 Å². The second-order valence-corrected chi connectivity index (χ2v) is 4.83. The van der Waals surface area contributed by atoms with E-state index in [9.17, 15) is 0 Å². The van der Waals surface area contributed by atoms with E-state index in [1.165, 1.54) is 12.8 Å². The highest BCUT2D eigenvalue weighted by atomic mass is 79.9. The summed E-state index contributed by atoms with van der Waals surface area (Å²) in [6.07, 6.45) is 3.42. The minimum Gasteiger partial charge on any atom is -0.493 e. The van der Waals surface area contributed by atoms with Crippen molar-refractivity contribution in [2.24, 2.45) is 5.73 Å². The maximum atomic E-state index is 5.68. The second kappa shape index (κ2) is 6.86. The van der Waals surface area contributed by atoms with Gasteiger partial charge in [-0.15, -0.1) is 0 Å². The zero-order valence-electron chi connectivity index (χ0n) is 9.33. The maximum absolute atomic E-state index is 5.68. The molecule has 0 aliphatic heterocycles. The van der Waals surface area contributed by atoms with Crippen LogP contribution in [0.15, 0.2) is 22.7 Å². The van der Waals surface area contributed by atoms with Crippen LogP contribution in [-0.4, -0.2) is 11.6 Å². The molecule has 1 rings (SSSR count). The van der Waals surface area contributed by atoms with Crippen molar-refractivity contribution in [1.82, 2.24) is 0 Å². The van der Waals surface area contributed by atoms with Crippen LogP contribution in [0.25, 0.3) is 0 Å². The molecule has 0 fully saturated rings. The van der Waals surface area contributed by atoms with Gasteiger partial charge < -0.3 is 10.5 Å². The number of rotatable bonds is 6. The number of ether oxygens (including phenoxy) is 1. The molecule has 0 heterocycles. The molecule has 0 saturated heterocycles. The van der Waals surface area contributed by atoms with Crippen molar-refractivity contribution in [3.63, 3.8) is 0 Å². The fourth-order valence-electron chi connectivity index (χ4n) is 1.40. The van der Waals surface area contributed by atoms with E-state index in [0.717, 1.165) is 22.2 Å². The molecule has 4 heteroatoms. The largest absolute Gasteiger partial charge is 0.493 e. The number of thiocarbonyl (C=S) groups is 1. The van der Waals surface area contributed by atoms with Crippen LogP contribution in [0, 0.1) is 0 Å². The summed E-state index contributed by atoms with van der Waals surface area (Å²) in [5.41, 5.74) is 6.45. The molecule has 0 unspecified atom stereocenters. The van der Waals surface area contributed by atoms with Crippen molar-refractivity contribution in [1.29, 1.82) is 0 Å². The van der Waals surface area contributed by atoms with E-state index in [2.05, 4.69) is 22.9 Å². The van der Waals surface area contributed by atoms with Gasteiger partial charge in [0.1, 0.15) is 10.7 Å². The maximum Gasteiger partial charge on any atom is 0.130 e. The summed E-state index contributed by atoms with van der Waals surface area (Å²) in [4.78, 5) is 0.359. The lowest BCUT2D eigenvalue weighted by molar-refractivity contribution is 0.305. The average Bonchev–Trinajstić information content (AvgIpc) is 2.24. The molecule has 1 aromatic rings. The third-order valence-electron chi connectivity index (χ3n) is 2.23. The van der Waals surface area contributed by atoms with Gasteiger partial charge in [-0.1, -0.05) is 38.0 Å². The van der Waals surface area contributed by atoms with Gasteiger partial charge >= 0.3 is 0 Å². The topological polar surface area (TPSA) is 35.2 Å². The molecule has 88 valence electrons. The number of hydrogen-bond donors (Lipinski definition) is 1. The molecular formula is C12H16BrNOS. The van der Waals surface area contributed by atoms with Gasteiger partial charge in [-0.25, -0.2) is 0 Å². The van der Waals surface area contributed by atoms with Crippen molar-refractivity contribution in [3.05, 3.63) is 28.2 Å². The molecule has 0 aliphatic carbocycles. The Morgan fingerprint density at radius 3 is 2.81 bits per heavy atom. The van der Waals surface area contributed by atoms with Gasteiger partial charge in [-0.05, 0) is 34.5 Å². The summed E-state index contributed by atoms with van der Waals surface area (Å²) in [5, 5.41) is 0. The molecule has 0 atom stereocenters. The Balaban J connectivity index is 2.71. The smallest absolute Gasteiger partial charge is 0.130 e. The van der Waals surface area contributed by atoms with Crippen LogP contribution >= 0.6 is 28.1 Å². The molecule has 0 aromatic heterocycles. The number of hydrogen-bond acceptors (Lipinski definition) is 2. The summed E-state index contributed by atoms with van der Waals surface area (Å²) >= 11 is 8.43. The first-order valence-corrected chi connectivity index (χ1v) is 6.58. The van der Waals surface area contributed by atoms with Crippen LogP contribution in [0.5, 0.6) is 5.75 Å². The van der Waals surface area contributed by atoms with Gasteiger partial charge in [0, 0.05) is 4.47 Å². The van der Waals surface area contributed by atoms with E-state index < -0.39 is 0 Å². The Morgan fingerprint density at radius 1 is 1.44 bits per heavy atom. The highest BCUT2D eigenvalue weighted by Crippen LogP contribution is 2.26. The number of halogens is 1. The van der Waals surface area contributed by atoms with Crippen LogP contribution in [-0.2, 0) is 0 Å². The van der Waals surface area contributed by atoms with E-state index in [1.54, 1.807) is 0 Å². The predicted molar refractivity (Wildman–Crippen MR) is 75.0 cm³/mol. The van der Waals surface area contributed by atoms with Crippen LogP contribution in [0.2, 0.25) is 0 Å². The number of nitrogens with two attached hydrogens (primary N) is 1. The first kappa shape index (κ1) is 13.5. The molecule has 0 saturated carbocycles. The van der Waals surface area contributed by atoms with Crippen LogP contribution < -0.4 is 10.5 Å². The van der Waals surface area contributed by atoms with Crippen molar-refractivity contribution in [3.8, 4) is 5.75 Å². The van der Waals surface area contributed by atoms with Gasteiger partial charge in [-0.3, -0.25) is 0 Å². The van der Waals surface area contributed by atoms with Crippen molar-refractivity contribution < 1.29 is 4.74 Å². The minimum atomic E-state index is 0.359. The van der Waals surface area contributed by atoms with Crippen LogP contribution in [0.4, 0.5) is 0 Å². The monoisotopic (exact) mass is 301 g/mol. The van der Waals surface area contributed by atoms with Gasteiger partial charge in [0.05, 0.1) is 12.2 Å². The van der Waals surface area contributed by atoms with E-state index >= 15 is 0 Å². The Kier molecular flexibility index (Phi) is 5.77. The standard InChI is InChI=1S/C12H16BrNOS/c1-2-3-4-8-15-10-7-5-6-9(13)11(10)12(14)16/h5-7H,2-4,8H2,1H3,(H2,14,16). The lowest BCUT2D eigenvalue weighted by Crippen LogP contribution is -2.13. The normalized spacial score (nSPS) is 10.1. The summed E-state index contributed by atoms with van der Waals surface area (Å²) in [6.45, 7) is 2.87.